The van der Waals surface area contributed by atoms with Gasteiger partial charge in [0.15, 0.2) is 4.34 Å². The molecule has 0 atom stereocenters. The largest absolute Gasteiger partial charge is 0.324 e. The molecular formula is C22H14BrClFN3O2S2. The molecule has 32 heavy (non-hydrogen) atoms. The van der Waals surface area contributed by atoms with Crippen LogP contribution in [0.25, 0.3) is 10.2 Å². The lowest BCUT2D eigenvalue weighted by atomic mass is 10.2. The number of rotatable bonds is 6. The Morgan fingerprint density at radius 2 is 1.84 bits per heavy atom. The molecule has 0 fully saturated rings. The van der Waals surface area contributed by atoms with E-state index in [0.29, 0.717) is 22.0 Å². The fraction of sp³-hybridized carbons (Fsp3) is 0.0455. The Balaban J connectivity index is 1.38. The lowest BCUT2D eigenvalue weighted by Crippen LogP contribution is -2.14. The Bertz CT molecular complexity index is 1310. The second-order valence-electron chi connectivity index (χ2n) is 6.58. The molecule has 1 aromatic heterocycles. The van der Waals surface area contributed by atoms with E-state index in [4.69, 9.17) is 11.6 Å². The molecule has 0 saturated heterocycles. The van der Waals surface area contributed by atoms with E-state index in [9.17, 15) is 14.0 Å². The molecule has 2 N–H and O–H groups in total. The van der Waals surface area contributed by atoms with Gasteiger partial charge in [0.2, 0.25) is 5.91 Å². The maximum Gasteiger partial charge on any atom is 0.255 e. The molecule has 0 saturated carbocycles. The van der Waals surface area contributed by atoms with E-state index in [0.717, 1.165) is 19.0 Å². The number of hydrogen-bond acceptors (Lipinski definition) is 5. The molecule has 4 aromatic rings. The first-order chi connectivity index (χ1) is 15.4. The number of nitrogens with zero attached hydrogens (tertiary/aromatic N) is 1. The van der Waals surface area contributed by atoms with E-state index >= 15 is 0 Å². The van der Waals surface area contributed by atoms with Crippen LogP contribution < -0.4 is 10.6 Å². The fourth-order valence-corrected chi connectivity index (χ4v) is 5.38. The number of carbonyl (C=O) groups is 2. The van der Waals surface area contributed by atoms with E-state index in [2.05, 4.69) is 31.5 Å². The number of anilines is 2. The van der Waals surface area contributed by atoms with E-state index in [1.165, 1.54) is 47.4 Å². The van der Waals surface area contributed by atoms with Crippen LogP contribution in [0.15, 0.2) is 69.5 Å². The van der Waals surface area contributed by atoms with Crippen LogP contribution in [0.3, 0.4) is 0 Å². The number of hydrogen-bond donors (Lipinski definition) is 2. The summed E-state index contributed by atoms with van der Waals surface area (Å²) in [5.41, 5.74) is 2.29. The topological polar surface area (TPSA) is 71.1 Å². The van der Waals surface area contributed by atoms with Crippen molar-refractivity contribution in [1.82, 2.24) is 4.98 Å². The van der Waals surface area contributed by atoms with Crippen LogP contribution in [0, 0.1) is 5.82 Å². The van der Waals surface area contributed by atoms with Crippen LogP contribution in [-0.2, 0) is 4.79 Å². The van der Waals surface area contributed by atoms with Gasteiger partial charge in [-0.25, -0.2) is 9.37 Å². The standard InChI is InChI=1S/C22H14BrClFN3O2S2/c23-13-3-7-17(16(24)9-13)27-20(29)11-31-22-28-18-8-6-15(10-19(18)32-22)26-21(30)12-1-4-14(25)5-2-12/h1-10H,11H2,(H,26,30)(H,27,29). The maximum absolute atomic E-state index is 13.0. The zero-order valence-corrected chi connectivity index (χ0v) is 20.2. The number of amides is 2. The van der Waals surface area contributed by atoms with Crippen molar-refractivity contribution in [2.24, 2.45) is 0 Å². The average Bonchev–Trinajstić information content (AvgIpc) is 3.17. The third-order valence-electron chi connectivity index (χ3n) is 4.27. The summed E-state index contributed by atoms with van der Waals surface area (Å²) < 4.78 is 15.5. The first kappa shape index (κ1) is 22.7. The van der Waals surface area contributed by atoms with Crippen molar-refractivity contribution in [3.63, 3.8) is 0 Å². The molecule has 10 heteroatoms. The van der Waals surface area contributed by atoms with E-state index in [-0.39, 0.29) is 17.6 Å². The van der Waals surface area contributed by atoms with Gasteiger partial charge in [0.25, 0.3) is 5.91 Å². The summed E-state index contributed by atoms with van der Waals surface area (Å²) in [6.07, 6.45) is 0. The molecule has 4 rings (SSSR count). The number of nitrogens with one attached hydrogen (secondary N) is 2. The second-order valence-corrected chi connectivity index (χ2v) is 10.2. The lowest BCUT2D eigenvalue weighted by molar-refractivity contribution is -0.113. The Kier molecular flexibility index (Phi) is 7.10. The van der Waals surface area contributed by atoms with Crippen molar-refractivity contribution in [3.05, 3.63) is 81.5 Å². The van der Waals surface area contributed by atoms with Gasteiger partial charge in [0.05, 0.1) is 26.7 Å². The predicted octanol–water partition coefficient (Wildman–Crippen LogP) is 6.83. The average molecular weight is 551 g/mol. The van der Waals surface area contributed by atoms with Crippen molar-refractivity contribution < 1.29 is 14.0 Å². The van der Waals surface area contributed by atoms with Crippen LogP contribution in [0.2, 0.25) is 5.02 Å². The van der Waals surface area contributed by atoms with Gasteiger partial charge in [-0.3, -0.25) is 9.59 Å². The minimum atomic E-state index is -0.397. The third kappa shape index (κ3) is 5.66. The first-order valence-corrected chi connectivity index (χ1v) is 12.2. The fourth-order valence-electron chi connectivity index (χ4n) is 2.75. The minimum absolute atomic E-state index is 0.181. The highest BCUT2D eigenvalue weighted by atomic mass is 79.9. The van der Waals surface area contributed by atoms with Crippen molar-refractivity contribution >= 4 is 84.0 Å². The Hall–Kier alpha value is -2.46. The number of aromatic nitrogens is 1. The van der Waals surface area contributed by atoms with Crippen molar-refractivity contribution in [3.8, 4) is 0 Å². The Labute approximate surface area is 204 Å². The van der Waals surface area contributed by atoms with Gasteiger partial charge in [0, 0.05) is 15.7 Å². The van der Waals surface area contributed by atoms with Crippen molar-refractivity contribution in [2.45, 2.75) is 4.34 Å². The van der Waals surface area contributed by atoms with Gasteiger partial charge >= 0.3 is 0 Å². The summed E-state index contributed by atoms with van der Waals surface area (Å²) in [4.78, 5) is 29.1. The molecule has 162 valence electrons. The summed E-state index contributed by atoms with van der Waals surface area (Å²) in [5, 5.41) is 6.03. The van der Waals surface area contributed by atoms with Crippen LogP contribution >= 0.6 is 50.6 Å². The number of carbonyl (C=O) groups excluding carboxylic acids is 2. The summed E-state index contributed by atoms with van der Waals surface area (Å²) in [6, 6.07) is 16.0. The van der Waals surface area contributed by atoms with Crippen LogP contribution in [-0.4, -0.2) is 22.6 Å². The predicted molar refractivity (Wildman–Crippen MR) is 132 cm³/mol. The number of thiazole rings is 1. The number of benzene rings is 3. The first-order valence-electron chi connectivity index (χ1n) is 9.22. The summed E-state index contributed by atoms with van der Waals surface area (Å²) >= 11 is 12.2. The zero-order valence-electron chi connectivity index (χ0n) is 16.2. The zero-order chi connectivity index (χ0) is 22.7. The van der Waals surface area contributed by atoms with Gasteiger partial charge in [0.1, 0.15) is 5.82 Å². The number of thioether (sulfide) groups is 1. The highest BCUT2D eigenvalue weighted by Crippen LogP contribution is 2.32. The molecular weight excluding hydrogens is 537 g/mol. The Morgan fingerprint density at radius 3 is 2.59 bits per heavy atom. The molecule has 3 aromatic carbocycles. The smallest absolute Gasteiger partial charge is 0.255 e. The maximum atomic E-state index is 13.0. The quantitative estimate of drug-likeness (QED) is 0.258. The van der Waals surface area contributed by atoms with E-state index in [1.54, 1.807) is 30.3 Å². The van der Waals surface area contributed by atoms with Crippen LogP contribution in [0.4, 0.5) is 15.8 Å². The lowest BCUT2D eigenvalue weighted by Gasteiger charge is -2.06. The number of halogens is 3. The summed E-state index contributed by atoms with van der Waals surface area (Å²) in [5.74, 6) is -0.732. The molecule has 0 radical (unpaired) electrons. The second kappa shape index (κ2) is 9.99. The minimum Gasteiger partial charge on any atom is -0.324 e. The van der Waals surface area contributed by atoms with Gasteiger partial charge in [-0.2, -0.15) is 0 Å². The SMILES string of the molecule is O=C(CSc1nc2ccc(NC(=O)c3ccc(F)cc3)cc2s1)Nc1ccc(Br)cc1Cl. The molecule has 1 heterocycles. The van der Waals surface area contributed by atoms with Crippen molar-refractivity contribution in [2.75, 3.05) is 16.4 Å². The van der Waals surface area contributed by atoms with Gasteiger partial charge in [-0.1, -0.05) is 39.3 Å². The normalized spacial score (nSPS) is 10.8. The van der Waals surface area contributed by atoms with Gasteiger partial charge < -0.3 is 10.6 Å². The van der Waals surface area contributed by atoms with E-state index in [1.807, 2.05) is 6.07 Å². The highest BCUT2D eigenvalue weighted by molar-refractivity contribution is 9.10. The molecule has 0 aliphatic heterocycles. The Morgan fingerprint density at radius 1 is 1.06 bits per heavy atom. The number of fused-ring (bicyclic) bond motifs is 1. The van der Waals surface area contributed by atoms with Crippen molar-refractivity contribution in [1.29, 1.82) is 0 Å². The van der Waals surface area contributed by atoms with Crippen LogP contribution in [0.1, 0.15) is 10.4 Å². The monoisotopic (exact) mass is 549 g/mol. The molecule has 0 aliphatic rings. The molecule has 0 unspecified atom stereocenters. The molecule has 5 nitrogen and oxygen atoms in total. The molecule has 2 amide bonds. The van der Waals surface area contributed by atoms with Crippen LogP contribution in [0.5, 0.6) is 0 Å². The van der Waals surface area contributed by atoms with Gasteiger partial charge in [-0.15, -0.1) is 11.3 Å². The molecule has 0 bridgehead atoms. The summed E-state index contributed by atoms with van der Waals surface area (Å²) in [6.45, 7) is 0. The van der Waals surface area contributed by atoms with Gasteiger partial charge in [-0.05, 0) is 60.7 Å². The highest BCUT2D eigenvalue weighted by Gasteiger charge is 2.12. The van der Waals surface area contributed by atoms with E-state index < -0.39 is 5.82 Å². The molecule has 0 aliphatic carbocycles. The summed E-state index contributed by atoms with van der Waals surface area (Å²) in [7, 11) is 0. The molecule has 0 spiro atoms. The third-order valence-corrected chi connectivity index (χ3v) is 7.23.